The summed E-state index contributed by atoms with van der Waals surface area (Å²) in [4.78, 5) is 26.8. The fourth-order valence-corrected chi connectivity index (χ4v) is 2.61. The highest BCUT2D eigenvalue weighted by molar-refractivity contribution is 5.98. The average molecular weight is 284 g/mol. The molecule has 21 heavy (non-hydrogen) atoms. The summed E-state index contributed by atoms with van der Waals surface area (Å²) in [5, 5.41) is 2.79. The van der Waals surface area contributed by atoms with E-state index >= 15 is 0 Å². The predicted octanol–water partition coefficient (Wildman–Crippen LogP) is 1.88. The van der Waals surface area contributed by atoms with Crippen LogP contribution in [0.5, 0.6) is 0 Å². The Labute approximate surface area is 125 Å². The minimum absolute atomic E-state index is 0.131. The molecule has 1 aromatic carbocycles. The number of piperazine rings is 1. The summed E-state index contributed by atoms with van der Waals surface area (Å²) in [6, 6.07) is 8.04. The van der Waals surface area contributed by atoms with Crippen molar-refractivity contribution in [2.24, 2.45) is 0 Å². The number of rotatable bonds is 3. The van der Waals surface area contributed by atoms with Crippen LogP contribution < -0.4 is 5.32 Å². The van der Waals surface area contributed by atoms with Crippen LogP contribution in [0.4, 0.5) is 0 Å². The average Bonchev–Trinajstić information content (AvgIpc) is 2.49. The molecule has 1 fully saturated rings. The molecule has 2 rings (SSSR count). The van der Waals surface area contributed by atoms with Gasteiger partial charge in [0.25, 0.3) is 0 Å². The molecule has 1 aliphatic heterocycles. The first-order valence-electron chi connectivity index (χ1n) is 7.08. The number of terminal acetylenes is 1. The second kappa shape index (κ2) is 5.61. The smallest absolute Gasteiger partial charge is 0.248 e. The number of nitrogens with zero attached hydrogens (tertiary/aromatic N) is 1. The number of benzene rings is 1. The molecular weight excluding hydrogens is 264 g/mol. The van der Waals surface area contributed by atoms with Gasteiger partial charge in [0.15, 0.2) is 0 Å². The summed E-state index contributed by atoms with van der Waals surface area (Å²) < 4.78 is 0. The van der Waals surface area contributed by atoms with Crippen molar-refractivity contribution < 1.29 is 9.59 Å². The van der Waals surface area contributed by atoms with Gasteiger partial charge in [-0.15, -0.1) is 6.42 Å². The van der Waals surface area contributed by atoms with E-state index in [-0.39, 0.29) is 11.8 Å². The fraction of sp³-hybridized carbons (Fsp3) is 0.412. The lowest BCUT2D eigenvalue weighted by atomic mass is 9.92. The van der Waals surface area contributed by atoms with E-state index in [9.17, 15) is 9.59 Å². The van der Waals surface area contributed by atoms with Crippen LogP contribution in [0.3, 0.4) is 0 Å². The zero-order valence-electron chi connectivity index (χ0n) is 12.6. The molecule has 0 aromatic heterocycles. The molecule has 1 aliphatic rings. The lowest BCUT2D eigenvalue weighted by Gasteiger charge is -2.45. The van der Waals surface area contributed by atoms with E-state index in [0.717, 1.165) is 5.56 Å². The number of nitrogens with one attached hydrogen (secondary N) is 1. The van der Waals surface area contributed by atoms with Crippen LogP contribution >= 0.6 is 0 Å². The minimum atomic E-state index is -0.831. The van der Waals surface area contributed by atoms with Gasteiger partial charge in [0.2, 0.25) is 11.8 Å². The molecule has 0 bridgehead atoms. The zero-order valence-corrected chi connectivity index (χ0v) is 12.6. The largest absolute Gasteiger partial charge is 0.342 e. The first kappa shape index (κ1) is 15.1. The molecule has 1 aromatic rings. The maximum absolute atomic E-state index is 12.7. The maximum Gasteiger partial charge on any atom is 0.248 e. The van der Waals surface area contributed by atoms with E-state index in [1.54, 1.807) is 13.8 Å². The Bertz CT molecular complexity index is 587. The molecule has 110 valence electrons. The standard InChI is InChI=1S/C17H20N2O2/c1-5-13-16(21)19(17(3,4)6-2)14(15(20)18-13)12-10-8-7-9-11-12/h2,7-11,13-14H,5H2,1,3-4H3,(H,18,20). The molecular formula is C17H20N2O2. The third kappa shape index (κ3) is 2.64. The summed E-state index contributed by atoms with van der Waals surface area (Å²) >= 11 is 0. The third-order valence-electron chi connectivity index (χ3n) is 3.84. The first-order valence-corrected chi connectivity index (χ1v) is 7.08. The van der Waals surface area contributed by atoms with E-state index in [4.69, 9.17) is 6.42 Å². The summed E-state index contributed by atoms with van der Waals surface area (Å²) in [6.45, 7) is 5.44. The Morgan fingerprint density at radius 3 is 2.43 bits per heavy atom. The summed E-state index contributed by atoms with van der Waals surface area (Å²) in [7, 11) is 0. The second-order valence-electron chi connectivity index (χ2n) is 5.69. The van der Waals surface area contributed by atoms with Crippen molar-refractivity contribution in [3.63, 3.8) is 0 Å². The number of carbonyl (C=O) groups excluding carboxylic acids is 2. The van der Waals surface area contributed by atoms with Crippen LogP contribution in [0.2, 0.25) is 0 Å². The lowest BCUT2D eigenvalue weighted by Crippen LogP contribution is -2.64. The molecule has 0 aliphatic carbocycles. The van der Waals surface area contributed by atoms with Crippen molar-refractivity contribution in [3.05, 3.63) is 35.9 Å². The molecule has 1 heterocycles. The van der Waals surface area contributed by atoms with Crippen LogP contribution in [0.25, 0.3) is 0 Å². The summed E-state index contributed by atoms with van der Waals surface area (Å²) in [5.74, 6) is 2.32. The van der Waals surface area contributed by atoms with Crippen LogP contribution in [0, 0.1) is 12.3 Å². The number of carbonyl (C=O) groups is 2. The van der Waals surface area contributed by atoms with Crippen LogP contribution in [0.15, 0.2) is 30.3 Å². The number of hydrogen-bond acceptors (Lipinski definition) is 2. The molecule has 0 spiro atoms. The molecule has 1 N–H and O–H groups in total. The van der Waals surface area contributed by atoms with Crippen molar-refractivity contribution in [2.75, 3.05) is 0 Å². The molecule has 0 radical (unpaired) electrons. The highest BCUT2D eigenvalue weighted by Crippen LogP contribution is 2.32. The normalized spacial score (nSPS) is 22.7. The van der Waals surface area contributed by atoms with Gasteiger partial charge in [-0.2, -0.15) is 0 Å². The van der Waals surface area contributed by atoms with Gasteiger partial charge in [0.05, 0.1) is 5.54 Å². The number of hydrogen-bond donors (Lipinski definition) is 1. The maximum atomic E-state index is 12.7. The highest BCUT2D eigenvalue weighted by atomic mass is 16.2. The zero-order chi connectivity index (χ0) is 15.6. The molecule has 2 amide bonds. The topological polar surface area (TPSA) is 49.4 Å². The second-order valence-corrected chi connectivity index (χ2v) is 5.69. The first-order chi connectivity index (χ1) is 9.92. The van der Waals surface area contributed by atoms with Gasteiger partial charge in [-0.05, 0) is 25.8 Å². The van der Waals surface area contributed by atoms with Gasteiger partial charge in [-0.25, -0.2) is 0 Å². The van der Waals surface area contributed by atoms with Gasteiger partial charge in [0.1, 0.15) is 12.1 Å². The van der Waals surface area contributed by atoms with Gasteiger partial charge >= 0.3 is 0 Å². The van der Waals surface area contributed by atoms with Crippen LogP contribution in [-0.4, -0.2) is 28.3 Å². The minimum Gasteiger partial charge on any atom is -0.342 e. The Morgan fingerprint density at radius 1 is 1.29 bits per heavy atom. The van der Waals surface area contributed by atoms with E-state index in [2.05, 4.69) is 11.2 Å². The van der Waals surface area contributed by atoms with E-state index in [0.29, 0.717) is 6.42 Å². The quantitative estimate of drug-likeness (QED) is 0.862. The highest BCUT2D eigenvalue weighted by Gasteiger charge is 2.46. The van der Waals surface area contributed by atoms with Crippen molar-refractivity contribution in [1.29, 1.82) is 0 Å². The Hall–Kier alpha value is -2.28. The monoisotopic (exact) mass is 284 g/mol. The summed E-state index contributed by atoms with van der Waals surface area (Å²) in [6.07, 6.45) is 6.14. The van der Waals surface area contributed by atoms with Crippen LogP contribution in [0.1, 0.15) is 38.8 Å². The molecule has 2 unspecified atom stereocenters. The fourth-order valence-electron chi connectivity index (χ4n) is 2.61. The Balaban J connectivity index is 2.52. The molecule has 0 saturated carbocycles. The Kier molecular flexibility index (Phi) is 4.04. The predicted molar refractivity (Wildman–Crippen MR) is 81.2 cm³/mol. The van der Waals surface area contributed by atoms with Crippen molar-refractivity contribution >= 4 is 11.8 Å². The van der Waals surface area contributed by atoms with E-state index in [1.807, 2.05) is 37.3 Å². The van der Waals surface area contributed by atoms with Gasteiger partial charge in [-0.3, -0.25) is 9.59 Å². The SMILES string of the molecule is C#CC(C)(C)N1C(=O)C(CC)NC(=O)C1c1ccccc1. The van der Waals surface area contributed by atoms with Crippen LogP contribution in [-0.2, 0) is 9.59 Å². The van der Waals surface area contributed by atoms with Crippen molar-refractivity contribution in [1.82, 2.24) is 10.2 Å². The van der Waals surface area contributed by atoms with Gasteiger partial charge < -0.3 is 10.2 Å². The number of amides is 2. The van der Waals surface area contributed by atoms with E-state index < -0.39 is 17.6 Å². The third-order valence-corrected chi connectivity index (χ3v) is 3.84. The van der Waals surface area contributed by atoms with Crippen molar-refractivity contribution in [2.45, 2.75) is 44.8 Å². The summed E-state index contributed by atoms with van der Waals surface area (Å²) in [5.41, 5.74) is -0.0656. The van der Waals surface area contributed by atoms with Gasteiger partial charge in [-0.1, -0.05) is 43.2 Å². The van der Waals surface area contributed by atoms with Crippen molar-refractivity contribution in [3.8, 4) is 12.3 Å². The molecule has 4 nitrogen and oxygen atoms in total. The Morgan fingerprint density at radius 2 is 1.90 bits per heavy atom. The van der Waals surface area contributed by atoms with Gasteiger partial charge in [0, 0.05) is 0 Å². The molecule has 1 saturated heterocycles. The molecule has 4 heteroatoms. The lowest BCUT2D eigenvalue weighted by molar-refractivity contribution is -0.154. The molecule has 2 atom stereocenters. The van der Waals surface area contributed by atoms with E-state index in [1.165, 1.54) is 4.90 Å².